The highest BCUT2D eigenvalue weighted by Gasteiger charge is 1.56. The quantitative estimate of drug-likeness (QED) is 0.333. The number of rotatable bonds is 1. The van der Waals surface area contributed by atoms with Gasteiger partial charge in [-0.2, -0.15) is 5.26 Å². The molecule has 0 unspecified atom stereocenters. The Hall–Kier alpha value is -0.770. The van der Waals surface area contributed by atoms with Crippen molar-refractivity contribution in [1.29, 1.82) is 5.26 Å². The highest BCUT2D eigenvalue weighted by atomic mass is 14.3. The van der Waals surface area contributed by atoms with Gasteiger partial charge in [-0.3, -0.25) is 0 Å². The molecule has 0 aromatic heterocycles. The maximum atomic E-state index is 7.74. The minimum atomic E-state index is 0.458. The lowest BCUT2D eigenvalue weighted by Gasteiger charge is -1.55. The molecule has 0 amide bonds. The average Bonchev–Trinajstić information content (AvgIpc) is 1.41. The molecule has 0 aliphatic heterocycles. The first-order chi connectivity index (χ1) is 2.41. The molecule has 0 atom stereocenters. The van der Waals surface area contributed by atoms with Crippen LogP contribution in [-0.2, 0) is 0 Å². The van der Waals surface area contributed by atoms with Crippen LogP contribution in [0.3, 0.4) is 0 Å². The number of hydrogen-bond acceptors (Lipinski definition) is 1. The molecule has 0 rings (SSSR count). The fraction of sp³-hybridized carbons (Fsp3) is 0.250. The minimum absolute atomic E-state index is 0.458. The summed E-state index contributed by atoms with van der Waals surface area (Å²) in [5, 5.41) is 7.74. The first-order valence-electron chi connectivity index (χ1n) is 1.39. The van der Waals surface area contributed by atoms with Crippen molar-refractivity contribution in [1.82, 2.24) is 0 Å². The average molecular weight is 68.1 g/mol. The van der Waals surface area contributed by atoms with E-state index in [1.54, 1.807) is 6.08 Å². The van der Waals surface area contributed by atoms with Gasteiger partial charge in [0.2, 0.25) is 0 Å². The molecule has 0 aromatic rings. The van der Waals surface area contributed by atoms with Crippen molar-refractivity contribution in [2.24, 2.45) is 0 Å². The normalized spacial score (nSPS) is 5.40. The topological polar surface area (TPSA) is 23.8 Å². The second-order valence-corrected chi connectivity index (χ2v) is 0.651. The van der Waals surface area contributed by atoms with Crippen LogP contribution in [0, 0.1) is 11.3 Å². The Bertz CT molecular complexity index is 58.5. The van der Waals surface area contributed by atoms with Crippen molar-refractivity contribution in [3.8, 4) is 6.07 Å². The lowest BCUT2D eigenvalue weighted by atomic mass is 10.8. The summed E-state index contributed by atoms with van der Waals surface area (Å²) in [6.45, 7) is 3.33. The van der Waals surface area contributed by atoms with E-state index in [2.05, 4.69) is 6.58 Å². The highest BCUT2D eigenvalue weighted by molar-refractivity contribution is 4.82. The Morgan fingerprint density at radius 3 is 2.60 bits per heavy atom. The first-order valence-corrected chi connectivity index (χ1v) is 1.39. The minimum Gasteiger partial charge on any atom is -0.198 e. The van der Waals surface area contributed by atoms with Crippen molar-refractivity contribution in [2.45, 2.75) is 6.42 Å². The summed E-state index contributed by atoms with van der Waals surface area (Å²) in [4.78, 5) is 0. The molecule has 5 heavy (non-hydrogen) atoms. The maximum absolute atomic E-state index is 7.74. The van der Waals surface area contributed by atoms with Crippen molar-refractivity contribution in [3.63, 3.8) is 0 Å². The van der Waals surface area contributed by atoms with Gasteiger partial charge in [-0.1, -0.05) is 6.08 Å². The number of nitriles is 1. The summed E-state index contributed by atoms with van der Waals surface area (Å²) in [5.41, 5.74) is 0. The molecule has 0 heterocycles. The standard InChI is InChI=1S/C4H5N/c1-2-3-4-5/h2H,1,3H2/i3+1. The zero-order valence-corrected chi connectivity index (χ0v) is 2.94. The van der Waals surface area contributed by atoms with Crippen LogP contribution in [0.4, 0.5) is 0 Å². The molecular formula is C4H5N. The molecule has 0 saturated heterocycles. The summed E-state index contributed by atoms with van der Waals surface area (Å²) in [6.07, 6.45) is 2.03. The van der Waals surface area contributed by atoms with Crippen LogP contribution >= 0.6 is 0 Å². The highest BCUT2D eigenvalue weighted by Crippen LogP contribution is 1.67. The zero-order chi connectivity index (χ0) is 4.12. The van der Waals surface area contributed by atoms with Gasteiger partial charge >= 0.3 is 0 Å². The second kappa shape index (κ2) is 3.23. The Labute approximate surface area is 31.5 Å². The van der Waals surface area contributed by atoms with Gasteiger partial charge in [0, 0.05) is 0 Å². The molecule has 0 bridgehead atoms. The molecule has 1 nitrogen and oxygen atoms in total. The van der Waals surface area contributed by atoms with Crippen LogP contribution < -0.4 is 0 Å². The molecule has 1 heteroatoms. The van der Waals surface area contributed by atoms with Crippen molar-refractivity contribution in [2.75, 3.05) is 0 Å². The smallest absolute Gasteiger partial charge is 0.0663 e. The second-order valence-electron chi connectivity index (χ2n) is 0.651. The van der Waals surface area contributed by atoms with Gasteiger partial charge in [-0.15, -0.1) is 6.58 Å². The van der Waals surface area contributed by atoms with Gasteiger partial charge in [-0.05, 0) is 0 Å². The van der Waals surface area contributed by atoms with Crippen molar-refractivity contribution < 1.29 is 0 Å². The SMILES string of the molecule is C=C[13CH2]C#N. The molecule has 0 saturated carbocycles. The Kier molecular flexibility index (Phi) is 2.73. The van der Waals surface area contributed by atoms with Gasteiger partial charge < -0.3 is 0 Å². The van der Waals surface area contributed by atoms with Crippen LogP contribution in [0.5, 0.6) is 0 Å². The van der Waals surface area contributed by atoms with Crippen LogP contribution in [0.1, 0.15) is 6.42 Å². The fourth-order valence-corrected chi connectivity index (χ4v) is 0.0645. The summed E-state index contributed by atoms with van der Waals surface area (Å²) >= 11 is 0. The lowest BCUT2D eigenvalue weighted by Crippen LogP contribution is -1.45. The third-order valence-corrected chi connectivity index (χ3v) is 0.236. The summed E-state index contributed by atoms with van der Waals surface area (Å²) in [5.74, 6) is 0. The van der Waals surface area contributed by atoms with Gasteiger partial charge in [-0.25, -0.2) is 0 Å². The molecule has 0 N–H and O–H groups in total. The molecule has 0 aliphatic carbocycles. The summed E-state index contributed by atoms with van der Waals surface area (Å²) in [7, 11) is 0. The Morgan fingerprint density at radius 2 is 2.60 bits per heavy atom. The van der Waals surface area contributed by atoms with E-state index in [0.29, 0.717) is 6.42 Å². The fourth-order valence-electron chi connectivity index (χ4n) is 0.0645. The number of hydrogen-bond donors (Lipinski definition) is 0. The van der Waals surface area contributed by atoms with Gasteiger partial charge in [0.05, 0.1) is 12.5 Å². The van der Waals surface area contributed by atoms with Gasteiger partial charge in [0.15, 0.2) is 0 Å². The van der Waals surface area contributed by atoms with Gasteiger partial charge in [0.25, 0.3) is 0 Å². The first kappa shape index (κ1) is 4.23. The molecule has 26 valence electrons. The predicted octanol–water partition coefficient (Wildman–Crippen LogP) is 1.09. The lowest BCUT2D eigenvalue weighted by molar-refractivity contribution is 1.36. The van der Waals surface area contributed by atoms with E-state index >= 15 is 0 Å². The van der Waals surface area contributed by atoms with E-state index < -0.39 is 0 Å². The predicted molar refractivity (Wildman–Crippen MR) is 20.4 cm³/mol. The van der Waals surface area contributed by atoms with E-state index in [4.69, 9.17) is 5.26 Å². The van der Waals surface area contributed by atoms with E-state index in [1.165, 1.54) is 0 Å². The monoisotopic (exact) mass is 68.0 g/mol. The van der Waals surface area contributed by atoms with Crippen molar-refractivity contribution in [3.05, 3.63) is 12.7 Å². The molecule has 0 aliphatic rings. The van der Waals surface area contributed by atoms with Crippen LogP contribution in [0.25, 0.3) is 0 Å². The van der Waals surface area contributed by atoms with E-state index in [1.807, 2.05) is 6.07 Å². The third kappa shape index (κ3) is 3.23. The summed E-state index contributed by atoms with van der Waals surface area (Å²) < 4.78 is 0. The maximum Gasteiger partial charge on any atom is 0.0663 e. The van der Waals surface area contributed by atoms with Gasteiger partial charge in [0.1, 0.15) is 0 Å². The Balaban J connectivity index is 2.75. The third-order valence-electron chi connectivity index (χ3n) is 0.236. The molecule has 0 radical (unpaired) electrons. The number of nitrogens with zero attached hydrogens (tertiary/aromatic N) is 1. The molecular weight excluding hydrogens is 63.0 g/mol. The zero-order valence-electron chi connectivity index (χ0n) is 2.94. The largest absolute Gasteiger partial charge is 0.198 e. The molecule has 0 fully saturated rings. The van der Waals surface area contributed by atoms with Crippen molar-refractivity contribution >= 4 is 0 Å². The van der Waals surface area contributed by atoms with Crippen LogP contribution in [-0.4, -0.2) is 0 Å². The Morgan fingerprint density at radius 1 is 2.00 bits per heavy atom. The summed E-state index contributed by atoms with van der Waals surface area (Å²) in [6, 6.07) is 1.90. The van der Waals surface area contributed by atoms with Crippen LogP contribution in [0.15, 0.2) is 12.7 Å². The molecule has 0 aromatic carbocycles. The van der Waals surface area contributed by atoms with Crippen LogP contribution in [0.2, 0.25) is 0 Å². The van der Waals surface area contributed by atoms with E-state index in [0.717, 1.165) is 0 Å². The van der Waals surface area contributed by atoms with E-state index in [-0.39, 0.29) is 0 Å². The molecule has 0 spiro atoms. The van der Waals surface area contributed by atoms with E-state index in [9.17, 15) is 0 Å². The number of allylic oxidation sites excluding steroid dienone is 1.